The van der Waals surface area contributed by atoms with Gasteiger partial charge in [0.25, 0.3) is 0 Å². The summed E-state index contributed by atoms with van der Waals surface area (Å²) in [5, 5.41) is 3.99. The predicted octanol–water partition coefficient (Wildman–Crippen LogP) is 4.44. The molecule has 0 saturated carbocycles. The quantitative estimate of drug-likeness (QED) is 0.879. The van der Waals surface area contributed by atoms with Crippen LogP contribution in [-0.2, 0) is 11.2 Å². The Morgan fingerprint density at radius 1 is 1.25 bits per heavy atom. The van der Waals surface area contributed by atoms with Crippen LogP contribution in [0.5, 0.6) is 5.75 Å². The van der Waals surface area contributed by atoms with Gasteiger partial charge < -0.3 is 14.8 Å². The van der Waals surface area contributed by atoms with Crippen molar-refractivity contribution in [2.75, 3.05) is 13.2 Å². The Hall–Kier alpha value is -2.30. The van der Waals surface area contributed by atoms with Gasteiger partial charge in [0.05, 0.1) is 6.61 Å². The lowest BCUT2D eigenvalue weighted by Crippen LogP contribution is -2.33. The summed E-state index contributed by atoms with van der Waals surface area (Å²) < 4.78 is 25.6. The van der Waals surface area contributed by atoms with Crippen LogP contribution in [0.15, 0.2) is 30.3 Å². The fourth-order valence-electron chi connectivity index (χ4n) is 2.44. The number of hydrogen-bond donors (Lipinski definition) is 1. The van der Waals surface area contributed by atoms with E-state index in [1.54, 1.807) is 32.9 Å². The SMILES string of the molecule is CCOc1cc2ccccc2c(F)c1CCNC(=O)OC(C)(C)C. The highest BCUT2D eigenvalue weighted by Crippen LogP contribution is 2.30. The van der Waals surface area contributed by atoms with Gasteiger partial charge in [0.2, 0.25) is 0 Å². The Bertz CT molecular complexity index is 722. The van der Waals surface area contributed by atoms with Crippen molar-refractivity contribution in [3.63, 3.8) is 0 Å². The van der Waals surface area contributed by atoms with E-state index in [0.717, 1.165) is 5.39 Å². The minimum atomic E-state index is -0.561. The summed E-state index contributed by atoms with van der Waals surface area (Å²) in [7, 11) is 0. The summed E-state index contributed by atoms with van der Waals surface area (Å²) in [6.07, 6.45) is -0.188. The summed E-state index contributed by atoms with van der Waals surface area (Å²) >= 11 is 0. The van der Waals surface area contributed by atoms with E-state index in [-0.39, 0.29) is 12.4 Å². The van der Waals surface area contributed by atoms with Crippen LogP contribution in [0.2, 0.25) is 0 Å². The predicted molar refractivity (Wildman–Crippen MR) is 93.0 cm³/mol. The van der Waals surface area contributed by atoms with E-state index in [1.807, 2.05) is 25.1 Å². The Morgan fingerprint density at radius 2 is 1.96 bits per heavy atom. The van der Waals surface area contributed by atoms with Crippen molar-refractivity contribution >= 4 is 16.9 Å². The zero-order valence-electron chi connectivity index (χ0n) is 14.6. The van der Waals surface area contributed by atoms with E-state index in [1.165, 1.54) is 0 Å². The Kier molecular flexibility index (Phi) is 5.65. The minimum Gasteiger partial charge on any atom is -0.493 e. The third-order valence-corrected chi connectivity index (χ3v) is 3.39. The monoisotopic (exact) mass is 333 g/mol. The summed E-state index contributed by atoms with van der Waals surface area (Å²) in [5.74, 6) is 0.210. The number of hydrogen-bond acceptors (Lipinski definition) is 3. The van der Waals surface area contributed by atoms with Crippen LogP contribution in [0.4, 0.5) is 9.18 Å². The molecule has 130 valence electrons. The second-order valence-corrected chi connectivity index (χ2v) is 6.50. The number of benzene rings is 2. The molecule has 0 bridgehead atoms. The number of ether oxygens (including phenoxy) is 2. The first-order chi connectivity index (χ1) is 11.3. The molecule has 0 aliphatic rings. The average molecular weight is 333 g/mol. The number of carbonyl (C=O) groups excluding carboxylic acids is 1. The summed E-state index contributed by atoms with van der Waals surface area (Å²) in [6, 6.07) is 9.09. The Labute approximate surface area is 142 Å². The molecule has 4 nitrogen and oxygen atoms in total. The van der Waals surface area contributed by atoms with Crippen molar-refractivity contribution in [3.8, 4) is 5.75 Å². The third-order valence-electron chi connectivity index (χ3n) is 3.39. The number of rotatable bonds is 5. The van der Waals surface area contributed by atoms with Gasteiger partial charge in [-0.15, -0.1) is 0 Å². The van der Waals surface area contributed by atoms with Gasteiger partial charge in [-0.05, 0) is 45.6 Å². The van der Waals surface area contributed by atoms with Crippen LogP contribution in [0.25, 0.3) is 10.8 Å². The maximum absolute atomic E-state index is 14.8. The van der Waals surface area contributed by atoms with Crippen LogP contribution in [0.3, 0.4) is 0 Å². The van der Waals surface area contributed by atoms with Gasteiger partial charge in [0, 0.05) is 17.5 Å². The zero-order chi connectivity index (χ0) is 17.7. The second kappa shape index (κ2) is 7.51. The highest BCUT2D eigenvalue weighted by molar-refractivity contribution is 5.85. The van der Waals surface area contributed by atoms with E-state index >= 15 is 0 Å². The largest absolute Gasteiger partial charge is 0.493 e. The van der Waals surface area contributed by atoms with Crippen LogP contribution >= 0.6 is 0 Å². The molecule has 2 aromatic carbocycles. The Balaban J connectivity index is 2.16. The molecule has 0 fully saturated rings. The molecule has 0 saturated heterocycles. The number of fused-ring (bicyclic) bond motifs is 1. The van der Waals surface area contributed by atoms with Gasteiger partial charge in [0.15, 0.2) is 0 Å². The zero-order valence-corrected chi connectivity index (χ0v) is 14.6. The van der Waals surface area contributed by atoms with E-state index in [4.69, 9.17) is 9.47 Å². The van der Waals surface area contributed by atoms with E-state index in [9.17, 15) is 9.18 Å². The van der Waals surface area contributed by atoms with Gasteiger partial charge in [-0.2, -0.15) is 0 Å². The molecule has 0 aliphatic heterocycles. The van der Waals surface area contributed by atoms with Gasteiger partial charge in [0.1, 0.15) is 17.2 Å². The van der Waals surface area contributed by atoms with Gasteiger partial charge >= 0.3 is 6.09 Å². The van der Waals surface area contributed by atoms with Crippen molar-refractivity contribution in [2.24, 2.45) is 0 Å². The van der Waals surface area contributed by atoms with Crippen molar-refractivity contribution < 1.29 is 18.7 Å². The topological polar surface area (TPSA) is 47.6 Å². The van der Waals surface area contributed by atoms with Crippen molar-refractivity contribution in [3.05, 3.63) is 41.7 Å². The average Bonchev–Trinajstić information content (AvgIpc) is 2.49. The first kappa shape index (κ1) is 18.0. The lowest BCUT2D eigenvalue weighted by molar-refractivity contribution is 0.0528. The molecule has 0 radical (unpaired) electrons. The standard InChI is InChI=1S/C19H24FNO3/c1-5-23-16-12-13-8-6-7-9-14(13)17(20)15(16)10-11-21-18(22)24-19(2,3)4/h6-9,12H,5,10-11H2,1-4H3,(H,21,22). The highest BCUT2D eigenvalue weighted by atomic mass is 19.1. The lowest BCUT2D eigenvalue weighted by atomic mass is 10.0. The van der Waals surface area contributed by atoms with Crippen LogP contribution < -0.4 is 10.1 Å². The maximum Gasteiger partial charge on any atom is 0.407 e. The van der Waals surface area contributed by atoms with E-state index in [0.29, 0.717) is 29.7 Å². The first-order valence-corrected chi connectivity index (χ1v) is 8.11. The lowest BCUT2D eigenvalue weighted by Gasteiger charge is -2.20. The molecule has 0 unspecified atom stereocenters. The van der Waals surface area contributed by atoms with Crippen molar-refractivity contribution in [1.29, 1.82) is 0 Å². The molecule has 2 rings (SSSR count). The van der Waals surface area contributed by atoms with Gasteiger partial charge in [-0.3, -0.25) is 0 Å². The molecule has 0 spiro atoms. The fourth-order valence-corrected chi connectivity index (χ4v) is 2.44. The molecular weight excluding hydrogens is 309 g/mol. The molecular formula is C19H24FNO3. The molecule has 1 amide bonds. The maximum atomic E-state index is 14.8. The van der Waals surface area contributed by atoms with Crippen molar-refractivity contribution in [2.45, 2.75) is 39.7 Å². The molecule has 2 aromatic rings. The number of amides is 1. The molecule has 0 heterocycles. The van der Waals surface area contributed by atoms with Crippen LogP contribution in [0.1, 0.15) is 33.3 Å². The number of halogens is 1. The van der Waals surface area contributed by atoms with Gasteiger partial charge in [-0.1, -0.05) is 24.3 Å². The molecule has 0 atom stereocenters. The van der Waals surface area contributed by atoms with Gasteiger partial charge in [-0.25, -0.2) is 9.18 Å². The highest BCUT2D eigenvalue weighted by Gasteiger charge is 2.17. The fraction of sp³-hybridized carbons (Fsp3) is 0.421. The molecule has 0 aliphatic carbocycles. The van der Waals surface area contributed by atoms with E-state index in [2.05, 4.69) is 5.32 Å². The number of carbonyl (C=O) groups is 1. The second-order valence-electron chi connectivity index (χ2n) is 6.50. The molecule has 0 aromatic heterocycles. The minimum absolute atomic E-state index is 0.268. The summed E-state index contributed by atoms with van der Waals surface area (Å²) in [6.45, 7) is 7.96. The molecule has 24 heavy (non-hydrogen) atoms. The van der Waals surface area contributed by atoms with Crippen LogP contribution in [0, 0.1) is 5.82 Å². The van der Waals surface area contributed by atoms with E-state index < -0.39 is 11.7 Å². The third kappa shape index (κ3) is 4.60. The normalized spacial score (nSPS) is 11.4. The Morgan fingerprint density at radius 3 is 2.62 bits per heavy atom. The molecule has 1 N–H and O–H groups in total. The molecule has 5 heteroatoms. The first-order valence-electron chi connectivity index (χ1n) is 8.11. The van der Waals surface area contributed by atoms with Crippen LogP contribution in [-0.4, -0.2) is 24.8 Å². The number of alkyl carbamates (subject to hydrolysis) is 1. The summed E-state index contributed by atoms with van der Waals surface area (Å²) in [4.78, 5) is 11.7. The number of nitrogens with one attached hydrogen (secondary N) is 1. The smallest absolute Gasteiger partial charge is 0.407 e. The van der Waals surface area contributed by atoms with Crippen molar-refractivity contribution in [1.82, 2.24) is 5.32 Å². The summed E-state index contributed by atoms with van der Waals surface area (Å²) in [5.41, 5.74) is -0.0963.